The summed E-state index contributed by atoms with van der Waals surface area (Å²) < 4.78 is 67.3. The van der Waals surface area contributed by atoms with Crippen LogP contribution < -0.4 is 0 Å². The summed E-state index contributed by atoms with van der Waals surface area (Å²) in [5, 5.41) is 3.92. The van der Waals surface area contributed by atoms with Gasteiger partial charge in [0, 0.05) is 27.8 Å². The zero-order valence-electron chi connectivity index (χ0n) is 14.7. The number of hydrogen-bond donors (Lipinski definition) is 0. The molecule has 0 spiro atoms. The number of oxime groups is 1. The van der Waals surface area contributed by atoms with E-state index in [0.29, 0.717) is 11.6 Å². The molecule has 3 rings (SSSR count). The highest BCUT2D eigenvalue weighted by molar-refractivity contribution is 6.31. The number of alkyl halides is 3. The first-order chi connectivity index (χ1) is 13.8. The molecule has 0 bridgehead atoms. The fourth-order valence-corrected chi connectivity index (χ4v) is 2.79. The number of hydrogen-bond acceptors (Lipinski definition) is 2. The number of nitrogens with zero attached hydrogens (tertiary/aromatic N) is 1. The highest BCUT2D eigenvalue weighted by Crippen LogP contribution is 2.34. The van der Waals surface area contributed by atoms with E-state index in [9.17, 15) is 22.0 Å². The van der Waals surface area contributed by atoms with Crippen molar-refractivity contribution >= 4 is 17.3 Å². The lowest BCUT2D eigenvalue weighted by Crippen LogP contribution is -2.15. The van der Waals surface area contributed by atoms with E-state index in [1.165, 1.54) is 6.07 Å². The van der Waals surface area contributed by atoms with E-state index in [4.69, 9.17) is 16.4 Å². The van der Waals surface area contributed by atoms with Crippen molar-refractivity contribution < 1.29 is 26.8 Å². The molecule has 0 aliphatic heterocycles. The summed E-state index contributed by atoms with van der Waals surface area (Å²) in [6.45, 7) is -0.398. The van der Waals surface area contributed by atoms with Crippen molar-refractivity contribution in [1.29, 1.82) is 0 Å². The largest absolute Gasteiger partial charge is 0.417 e. The molecule has 0 unspecified atom stereocenters. The van der Waals surface area contributed by atoms with Crippen molar-refractivity contribution in [2.45, 2.75) is 12.8 Å². The standard InChI is InChI=1S/C21H13ClF5NO/c22-15-7-9-18(21(25,26)27)17(10-15)20(13-4-2-1-3-5-13)28-29-12-14-6-8-16(23)11-19(14)24/h1-11H,12H2. The first-order valence-corrected chi connectivity index (χ1v) is 8.70. The Labute approximate surface area is 168 Å². The fraction of sp³-hybridized carbons (Fsp3) is 0.0952. The molecular weight excluding hydrogens is 413 g/mol. The molecule has 0 heterocycles. The molecule has 8 heteroatoms. The van der Waals surface area contributed by atoms with Crippen molar-refractivity contribution in [1.82, 2.24) is 0 Å². The van der Waals surface area contributed by atoms with E-state index in [1.807, 2.05) is 0 Å². The van der Waals surface area contributed by atoms with Gasteiger partial charge in [0.1, 0.15) is 24.0 Å². The number of benzene rings is 3. The molecule has 0 N–H and O–H groups in total. The topological polar surface area (TPSA) is 21.6 Å². The van der Waals surface area contributed by atoms with Gasteiger partial charge >= 0.3 is 6.18 Å². The molecule has 0 aliphatic rings. The van der Waals surface area contributed by atoms with Crippen LogP contribution in [0.3, 0.4) is 0 Å². The van der Waals surface area contributed by atoms with Gasteiger partial charge in [0.15, 0.2) is 0 Å². The predicted molar refractivity (Wildman–Crippen MR) is 99.7 cm³/mol. The minimum absolute atomic E-state index is 0.00435. The Morgan fingerprint density at radius 3 is 2.31 bits per heavy atom. The van der Waals surface area contributed by atoms with Gasteiger partial charge < -0.3 is 4.84 Å². The van der Waals surface area contributed by atoms with Gasteiger partial charge in [0.25, 0.3) is 0 Å². The van der Waals surface area contributed by atoms with Crippen molar-refractivity contribution in [3.63, 3.8) is 0 Å². The monoisotopic (exact) mass is 425 g/mol. The van der Waals surface area contributed by atoms with Gasteiger partial charge in [-0.25, -0.2) is 8.78 Å². The van der Waals surface area contributed by atoms with Gasteiger partial charge in [-0.05, 0) is 30.3 Å². The second-order valence-corrected chi connectivity index (χ2v) is 6.44. The SMILES string of the molecule is Fc1ccc(CON=C(c2ccccc2)c2cc(Cl)ccc2C(F)(F)F)c(F)c1. The van der Waals surface area contributed by atoms with E-state index >= 15 is 0 Å². The summed E-state index contributed by atoms with van der Waals surface area (Å²) >= 11 is 5.92. The third-order valence-electron chi connectivity index (χ3n) is 3.98. The van der Waals surface area contributed by atoms with Crippen LogP contribution in [-0.4, -0.2) is 5.71 Å². The quantitative estimate of drug-likeness (QED) is 0.256. The van der Waals surface area contributed by atoms with E-state index in [0.717, 1.165) is 24.3 Å². The first kappa shape index (κ1) is 20.8. The third kappa shape index (κ3) is 5.12. The van der Waals surface area contributed by atoms with Crippen LogP contribution >= 0.6 is 11.6 Å². The lowest BCUT2D eigenvalue weighted by Gasteiger charge is -2.15. The highest BCUT2D eigenvalue weighted by atomic mass is 35.5. The van der Waals surface area contributed by atoms with Crippen LogP contribution in [0.5, 0.6) is 0 Å². The summed E-state index contributed by atoms with van der Waals surface area (Å²) in [6.07, 6.45) is -4.65. The van der Waals surface area contributed by atoms with Gasteiger partial charge in [-0.2, -0.15) is 13.2 Å². The van der Waals surface area contributed by atoms with Gasteiger partial charge in [0.2, 0.25) is 0 Å². The smallest absolute Gasteiger partial charge is 0.390 e. The van der Waals surface area contributed by atoms with Crippen LogP contribution in [0.15, 0.2) is 71.9 Å². The molecule has 3 aromatic carbocycles. The Bertz CT molecular complexity index is 1030. The average molecular weight is 426 g/mol. The Balaban J connectivity index is 2.03. The van der Waals surface area contributed by atoms with E-state index in [-0.39, 0.29) is 21.9 Å². The van der Waals surface area contributed by atoms with E-state index < -0.39 is 30.0 Å². The molecule has 0 saturated heterocycles. The van der Waals surface area contributed by atoms with Gasteiger partial charge in [-0.15, -0.1) is 0 Å². The van der Waals surface area contributed by atoms with Crippen molar-refractivity contribution in [2.75, 3.05) is 0 Å². The molecule has 0 fully saturated rings. The number of halogens is 6. The van der Waals surface area contributed by atoms with E-state index in [2.05, 4.69) is 5.16 Å². The van der Waals surface area contributed by atoms with Crippen molar-refractivity contribution in [3.8, 4) is 0 Å². The van der Waals surface area contributed by atoms with Crippen LogP contribution in [-0.2, 0) is 17.6 Å². The molecule has 0 aromatic heterocycles. The molecule has 3 aromatic rings. The summed E-state index contributed by atoms with van der Waals surface area (Å²) in [4.78, 5) is 5.13. The third-order valence-corrected chi connectivity index (χ3v) is 4.22. The fourth-order valence-electron chi connectivity index (χ4n) is 2.62. The second-order valence-electron chi connectivity index (χ2n) is 6.00. The molecule has 0 saturated carbocycles. The van der Waals surface area contributed by atoms with Gasteiger partial charge in [0.05, 0.1) is 5.56 Å². The predicted octanol–water partition coefficient (Wildman–Crippen LogP) is 6.61. The van der Waals surface area contributed by atoms with Crippen LogP contribution in [0.25, 0.3) is 0 Å². The maximum Gasteiger partial charge on any atom is 0.417 e. The van der Waals surface area contributed by atoms with E-state index in [1.54, 1.807) is 30.3 Å². The number of rotatable bonds is 5. The summed E-state index contributed by atoms with van der Waals surface area (Å²) in [6, 6.07) is 14.1. The molecule has 0 aliphatic carbocycles. The summed E-state index contributed by atoms with van der Waals surface area (Å²) in [7, 11) is 0. The molecule has 0 atom stereocenters. The first-order valence-electron chi connectivity index (χ1n) is 8.32. The molecule has 2 nitrogen and oxygen atoms in total. The zero-order valence-corrected chi connectivity index (χ0v) is 15.4. The molecule has 29 heavy (non-hydrogen) atoms. The molecular formula is C21H13ClF5NO. The Morgan fingerprint density at radius 1 is 0.931 bits per heavy atom. The van der Waals surface area contributed by atoms with Crippen molar-refractivity contribution in [2.24, 2.45) is 5.16 Å². The normalized spacial score (nSPS) is 12.1. The van der Waals surface area contributed by atoms with Crippen LogP contribution in [0.1, 0.15) is 22.3 Å². The molecule has 0 radical (unpaired) electrons. The second kappa shape index (κ2) is 8.61. The Kier molecular flexibility index (Phi) is 6.17. The minimum Gasteiger partial charge on any atom is -0.390 e. The zero-order chi connectivity index (χ0) is 21.0. The van der Waals surface area contributed by atoms with Crippen molar-refractivity contribution in [3.05, 3.63) is 106 Å². The van der Waals surface area contributed by atoms with Crippen LogP contribution in [0.2, 0.25) is 5.02 Å². The summed E-state index contributed by atoms with van der Waals surface area (Å²) in [5.74, 6) is -1.60. The van der Waals surface area contributed by atoms with Crippen LogP contribution in [0, 0.1) is 11.6 Å². The average Bonchev–Trinajstić information content (AvgIpc) is 2.66. The lowest BCUT2D eigenvalue weighted by atomic mass is 9.97. The minimum atomic E-state index is -4.65. The molecule has 0 amide bonds. The molecule has 150 valence electrons. The van der Waals surface area contributed by atoms with Crippen LogP contribution in [0.4, 0.5) is 22.0 Å². The maximum absolute atomic E-state index is 13.8. The van der Waals surface area contributed by atoms with Gasteiger partial charge in [-0.3, -0.25) is 0 Å². The lowest BCUT2D eigenvalue weighted by molar-refractivity contribution is -0.137. The highest BCUT2D eigenvalue weighted by Gasteiger charge is 2.35. The summed E-state index contributed by atoms with van der Waals surface area (Å²) in [5.41, 5.74) is -0.996. The Morgan fingerprint density at radius 2 is 1.66 bits per heavy atom. The Hall–Kier alpha value is -2.93. The van der Waals surface area contributed by atoms with Gasteiger partial charge in [-0.1, -0.05) is 47.1 Å². The maximum atomic E-state index is 13.8.